The second-order valence-corrected chi connectivity index (χ2v) is 7.99. The molecule has 1 aliphatic rings. The number of fused-ring (bicyclic) bond motifs is 1. The summed E-state index contributed by atoms with van der Waals surface area (Å²) >= 11 is 1.48. The van der Waals surface area contributed by atoms with Gasteiger partial charge in [-0.25, -0.2) is 9.78 Å². The molecule has 0 unspecified atom stereocenters. The number of hydrogen-bond donors (Lipinski definition) is 1. The van der Waals surface area contributed by atoms with Gasteiger partial charge >= 0.3 is 6.09 Å². The van der Waals surface area contributed by atoms with Crippen LogP contribution in [0.4, 0.5) is 15.7 Å². The Morgan fingerprint density at radius 1 is 1.31 bits per heavy atom. The third-order valence-electron chi connectivity index (χ3n) is 4.00. The average molecular weight is 380 g/mol. The number of aryl methyl sites for hydroxylation is 1. The van der Waals surface area contributed by atoms with Crippen LogP contribution in [0.15, 0.2) is 0 Å². The summed E-state index contributed by atoms with van der Waals surface area (Å²) in [5.41, 5.74) is 0.325. The van der Waals surface area contributed by atoms with Gasteiger partial charge in [0.25, 0.3) is 0 Å². The molecule has 0 atom stereocenters. The first kappa shape index (κ1) is 18.4. The normalized spacial score (nSPS) is 15.4. The molecule has 26 heavy (non-hydrogen) atoms. The SMILES string of the molecule is CCc1nc2sc(N3CCN(C(=O)OC(C)(C)C)CC3)nn2c1NC=O. The monoisotopic (exact) mass is 380 g/mol. The lowest BCUT2D eigenvalue weighted by Gasteiger charge is -2.35. The van der Waals surface area contributed by atoms with Crippen LogP contribution in [0.3, 0.4) is 0 Å². The minimum Gasteiger partial charge on any atom is -0.444 e. The highest BCUT2D eigenvalue weighted by atomic mass is 32.1. The molecule has 0 bridgehead atoms. The predicted octanol–water partition coefficient (Wildman–Crippen LogP) is 1.98. The van der Waals surface area contributed by atoms with Crippen LogP contribution in [-0.2, 0) is 16.0 Å². The van der Waals surface area contributed by atoms with Crippen molar-refractivity contribution in [2.45, 2.75) is 39.7 Å². The number of carbonyl (C=O) groups is 2. The molecule has 2 aromatic rings. The van der Waals surface area contributed by atoms with Crippen molar-refractivity contribution >= 4 is 39.8 Å². The summed E-state index contributed by atoms with van der Waals surface area (Å²) < 4.78 is 7.10. The maximum absolute atomic E-state index is 12.2. The van der Waals surface area contributed by atoms with Crippen LogP contribution in [0.1, 0.15) is 33.4 Å². The second kappa shape index (κ2) is 7.10. The molecule has 0 saturated carbocycles. The molecule has 0 aliphatic carbocycles. The van der Waals surface area contributed by atoms with Gasteiger partial charge in [0.2, 0.25) is 16.5 Å². The summed E-state index contributed by atoms with van der Waals surface area (Å²) in [6, 6.07) is 0. The molecule has 9 nitrogen and oxygen atoms in total. The maximum atomic E-state index is 12.2. The van der Waals surface area contributed by atoms with Crippen molar-refractivity contribution in [1.82, 2.24) is 19.5 Å². The Bertz CT molecular complexity index is 801. The number of imidazole rings is 1. The summed E-state index contributed by atoms with van der Waals surface area (Å²) in [4.78, 5) is 32.1. The van der Waals surface area contributed by atoms with Crippen LogP contribution in [0.5, 0.6) is 0 Å². The van der Waals surface area contributed by atoms with Crippen molar-refractivity contribution in [1.29, 1.82) is 0 Å². The lowest BCUT2D eigenvalue weighted by atomic mass is 10.2. The lowest BCUT2D eigenvalue weighted by molar-refractivity contribution is -0.105. The lowest BCUT2D eigenvalue weighted by Crippen LogP contribution is -2.50. The molecule has 1 fully saturated rings. The van der Waals surface area contributed by atoms with Gasteiger partial charge in [-0.2, -0.15) is 4.52 Å². The van der Waals surface area contributed by atoms with E-state index in [1.807, 2.05) is 27.7 Å². The number of aromatic nitrogens is 3. The maximum Gasteiger partial charge on any atom is 0.410 e. The van der Waals surface area contributed by atoms with Crippen LogP contribution in [0.25, 0.3) is 4.96 Å². The Labute approximate surface area is 155 Å². The van der Waals surface area contributed by atoms with E-state index in [1.165, 1.54) is 11.3 Å². The van der Waals surface area contributed by atoms with Gasteiger partial charge in [0, 0.05) is 26.2 Å². The largest absolute Gasteiger partial charge is 0.444 e. The molecular weight excluding hydrogens is 356 g/mol. The number of amides is 2. The van der Waals surface area contributed by atoms with E-state index in [1.54, 1.807) is 9.42 Å². The van der Waals surface area contributed by atoms with E-state index in [-0.39, 0.29) is 6.09 Å². The highest BCUT2D eigenvalue weighted by Crippen LogP contribution is 2.28. The van der Waals surface area contributed by atoms with Crippen LogP contribution in [0.2, 0.25) is 0 Å². The Hall–Kier alpha value is -2.36. The molecule has 0 aromatic carbocycles. The summed E-state index contributed by atoms with van der Waals surface area (Å²) in [5.74, 6) is 0.618. The van der Waals surface area contributed by atoms with Crippen molar-refractivity contribution < 1.29 is 14.3 Å². The number of hydrogen-bond acceptors (Lipinski definition) is 7. The standard InChI is InChI=1S/C16H24N6O3S/c1-5-11-12(17-10-23)22-13(18-11)26-14(19-22)20-6-8-21(9-7-20)15(24)25-16(2,3)4/h10H,5-9H2,1-4H3,(H,17,23). The Morgan fingerprint density at radius 2 is 2.00 bits per heavy atom. The summed E-state index contributed by atoms with van der Waals surface area (Å²) in [6.45, 7) is 10.1. The molecule has 1 N–H and O–H groups in total. The summed E-state index contributed by atoms with van der Waals surface area (Å²) in [5, 5.41) is 8.11. The first-order valence-electron chi connectivity index (χ1n) is 8.64. The minimum atomic E-state index is -0.492. The van der Waals surface area contributed by atoms with Gasteiger partial charge in [-0.15, -0.1) is 5.10 Å². The first-order chi connectivity index (χ1) is 12.3. The van der Waals surface area contributed by atoms with Crippen molar-refractivity contribution in [3.05, 3.63) is 5.69 Å². The first-order valence-corrected chi connectivity index (χ1v) is 9.45. The third kappa shape index (κ3) is 3.74. The van der Waals surface area contributed by atoms with Gasteiger partial charge < -0.3 is 19.9 Å². The molecule has 3 heterocycles. The van der Waals surface area contributed by atoms with E-state index in [0.29, 0.717) is 38.4 Å². The molecule has 1 aliphatic heterocycles. The van der Waals surface area contributed by atoms with Crippen molar-refractivity contribution in [3.8, 4) is 0 Å². The van der Waals surface area contributed by atoms with E-state index in [0.717, 1.165) is 22.2 Å². The van der Waals surface area contributed by atoms with Crippen LogP contribution >= 0.6 is 11.3 Å². The molecule has 3 rings (SSSR count). The van der Waals surface area contributed by atoms with Gasteiger partial charge in [-0.1, -0.05) is 18.3 Å². The van der Waals surface area contributed by atoms with Crippen LogP contribution in [-0.4, -0.2) is 63.8 Å². The average Bonchev–Trinajstić information content (AvgIpc) is 3.12. The topological polar surface area (TPSA) is 92.1 Å². The smallest absolute Gasteiger partial charge is 0.410 e. The molecule has 2 amide bonds. The zero-order valence-electron chi connectivity index (χ0n) is 15.5. The number of nitrogens with one attached hydrogen (secondary N) is 1. The van der Waals surface area contributed by atoms with E-state index in [9.17, 15) is 9.59 Å². The van der Waals surface area contributed by atoms with Gasteiger partial charge in [0.1, 0.15) is 5.60 Å². The van der Waals surface area contributed by atoms with Gasteiger partial charge in [-0.3, -0.25) is 4.79 Å². The fraction of sp³-hybridized carbons (Fsp3) is 0.625. The molecule has 0 spiro atoms. The van der Waals surface area contributed by atoms with Crippen LogP contribution in [0, 0.1) is 0 Å². The van der Waals surface area contributed by atoms with Crippen LogP contribution < -0.4 is 10.2 Å². The molecule has 1 saturated heterocycles. The Morgan fingerprint density at radius 3 is 2.58 bits per heavy atom. The van der Waals surface area contributed by atoms with Crippen molar-refractivity contribution in [2.24, 2.45) is 0 Å². The van der Waals surface area contributed by atoms with Crippen molar-refractivity contribution in [2.75, 3.05) is 36.4 Å². The molecule has 10 heteroatoms. The minimum absolute atomic E-state index is 0.281. The van der Waals surface area contributed by atoms with Crippen molar-refractivity contribution in [3.63, 3.8) is 0 Å². The zero-order valence-corrected chi connectivity index (χ0v) is 16.3. The number of ether oxygens (including phenoxy) is 1. The van der Waals surface area contributed by atoms with E-state index in [2.05, 4.69) is 20.3 Å². The molecule has 0 radical (unpaired) electrons. The molecule has 2 aromatic heterocycles. The number of piperazine rings is 1. The fourth-order valence-corrected chi connectivity index (χ4v) is 3.73. The summed E-state index contributed by atoms with van der Waals surface area (Å²) in [6.07, 6.45) is 1.08. The van der Waals surface area contributed by atoms with Gasteiger partial charge in [0.15, 0.2) is 5.82 Å². The summed E-state index contributed by atoms with van der Waals surface area (Å²) in [7, 11) is 0. The number of nitrogens with zero attached hydrogens (tertiary/aromatic N) is 5. The zero-order chi connectivity index (χ0) is 18.9. The second-order valence-electron chi connectivity index (χ2n) is 7.06. The van der Waals surface area contributed by atoms with E-state index >= 15 is 0 Å². The van der Waals surface area contributed by atoms with E-state index < -0.39 is 5.60 Å². The number of anilines is 2. The quantitative estimate of drug-likeness (QED) is 0.816. The fourth-order valence-electron chi connectivity index (χ4n) is 2.76. The number of carbonyl (C=O) groups excluding carboxylic acids is 2. The highest BCUT2D eigenvalue weighted by Gasteiger charge is 2.27. The number of rotatable bonds is 4. The molecular formula is C16H24N6O3S. The highest BCUT2D eigenvalue weighted by molar-refractivity contribution is 7.20. The van der Waals surface area contributed by atoms with E-state index in [4.69, 9.17) is 4.74 Å². The Balaban J connectivity index is 1.70. The predicted molar refractivity (Wildman–Crippen MR) is 99.9 cm³/mol. The Kier molecular flexibility index (Phi) is 5.03. The third-order valence-corrected chi connectivity index (χ3v) is 4.97. The van der Waals surface area contributed by atoms with Gasteiger partial charge in [-0.05, 0) is 27.2 Å². The molecule has 142 valence electrons. The van der Waals surface area contributed by atoms with Gasteiger partial charge in [0.05, 0.1) is 5.69 Å².